The number of hydrogen-bond acceptors (Lipinski definition) is 3. The van der Waals surface area contributed by atoms with E-state index >= 15 is 0 Å². The minimum absolute atomic E-state index is 0.0137. The van der Waals surface area contributed by atoms with Gasteiger partial charge in [0, 0.05) is 11.9 Å². The van der Waals surface area contributed by atoms with Crippen LogP contribution in [-0.4, -0.2) is 18.5 Å². The number of sulfonamides is 1. The van der Waals surface area contributed by atoms with Gasteiger partial charge in [-0.15, -0.1) is 0 Å². The molecular weight excluding hydrogens is 271 g/mol. The molecule has 3 N–H and O–H groups in total. The number of aromatic nitrogens is 1. The lowest BCUT2D eigenvalue weighted by Gasteiger charge is -2.09. The molecule has 0 atom stereocenters. The molecule has 0 aliphatic rings. The summed E-state index contributed by atoms with van der Waals surface area (Å²) in [7, 11) is -3.80. The first-order valence-corrected chi connectivity index (χ1v) is 6.98. The SMILES string of the molecule is Cc1ccc(F)cc1NS(=O)(=O)c1c[nH]c(CO)c1. The monoisotopic (exact) mass is 284 g/mol. The summed E-state index contributed by atoms with van der Waals surface area (Å²) in [4.78, 5) is 2.62. The smallest absolute Gasteiger partial charge is 0.263 e. The van der Waals surface area contributed by atoms with Gasteiger partial charge in [-0.25, -0.2) is 12.8 Å². The summed E-state index contributed by atoms with van der Waals surface area (Å²) < 4.78 is 39.5. The molecule has 0 radical (unpaired) electrons. The quantitative estimate of drug-likeness (QED) is 0.800. The number of aromatic amines is 1. The van der Waals surface area contributed by atoms with Crippen LogP contribution in [0.5, 0.6) is 0 Å². The van der Waals surface area contributed by atoms with Gasteiger partial charge in [0.2, 0.25) is 0 Å². The van der Waals surface area contributed by atoms with Crippen LogP contribution < -0.4 is 4.72 Å². The molecule has 2 rings (SSSR count). The van der Waals surface area contributed by atoms with E-state index in [9.17, 15) is 12.8 Å². The summed E-state index contributed by atoms with van der Waals surface area (Å²) in [6.07, 6.45) is 1.27. The molecule has 0 saturated carbocycles. The van der Waals surface area contributed by atoms with E-state index in [1.54, 1.807) is 6.92 Å². The van der Waals surface area contributed by atoms with Crippen molar-refractivity contribution in [1.82, 2.24) is 4.98 Å². The number of halogens is 1. The minimum atomic E-state index is -3.80. The molecule has 1 aromatic carbocycles. The Morgan fingerprint density at radius 1 is 1.37 bits per heavy atom. The maximum Gasteiger partial charge on any atom is 0.263 e. The van der Waals surface area contributed by atoms with Crippen molar-refractivity contribution >= 4 is 15.7 Å². The van der Waals surface area contributed by atoms with Crippen molar-refractivity contribution in [2.45, 2.75) is 18.4 Å². The van der Waals surface area contributed by atoms with Crippen molar-refractivity contribution in [2.24, 2.45) is 0 Å². The molecule has 0 fully saturated rings. The molecule has 19 heavy (non-hydrogen) atoms. The third-order valence-electron chi connectivity index (χ3n) is 2.64. The lowest BCUT2D eigenvalue weighted by molar-refractivity contribution is 0.277. The van der Waals surface area contributed by atoms with Crippen molar-refractivity contribution in [3.05, 3.63) is 47.5 Å². The van der Waals surface area contributed by atoms with Gasteiger partial charge in [-0.3, -0.25) is 4.72 Å². The van der Waals surface area contributed by atoms with Crippen LogP contribution in [0.15, 0.2) is 35.4 Å². The molecule has 1 heterocycles. The van der Waals surface area contributed by atoms with Gasteiger partial charge in [-0.05, 0) is 30.7 Å². The van der Waals surface area contributed by atoms with E-state index in [0.29, 0.717) is 11.3 Å². The largest absolute Gasteiger partial charge is 0.390 e. The van der Waals surface area contributed by atoms with Crippen LogP contribution >= 0.6 is 0 Å². The molecule has 0 aliphatic heterocycles. The second-order valence-electron chi connectivity index (χ2n) is 4.08. The molecule has 7 heteroatoms. The predicted octanol–water partition coefficient (Wildman–Crippen LogP) is 1.76. The molecule has 102 valence electrons. The number of aliphatic hydroxyl groups excluding tert-OH is 1. The number of nitrogens with one attached hydrogen (secondary N) is 2. The van der Waals surface area contributed by atoms with Gasteiger partial charge in [-0.2, -0.15) is 0 Å². The number of H-pyrrole nitrogens is 1. The summed E-state index contributed by atoms with van der Waals surface area (Å²) in [5, 5.41) is 8.89. The zero-order valence-electron chi connectivity index (χ0n) is 10.1. The molecule has 0 amide bonds. The van der Waals surface area contributed by atoms with E-state index in [2.05, 4.69) is 9.71 Å². The van der Waals surface area contributed by atoms with Gasteiger partial charge < -0.3 is 10.1 Å². The van der Waals surface area contributed by atoms with Crippen LogP contribution in [-0.2, 0) is 16.6 Å². The normalized spacial score (nSPS) is 11.5. The van der Waals surface area contributed by atoms with Crippen LogP contribution in [0.25, 0.3) is 0 Å². The second-order valence-corrected chi connectivity index (χ2v) is 5.77. The van der Waals surface area contributed by atoms with Crippen LogP contribution in [0.4, 0.5) is 10.1 Å². The summed E-state index contributed by atoms with van der Waals surface area (Å²) >= 11 is 0. The van der Waals surface area contributed by atoms with Crippen molar-refractivity contribution in [2.75, 3.05) is 4.72 Å². The molecular formula is C12H13FN2O3S. The Labute approximate surface area is 110 Å². The maximum atomic E-state index is 13.1. The van der Waals surface area contributed by atoms with Gasteiger partial charge in [0.15, 0.2) is 0 Å². The fourth-order valence-corrected chi connectivity index (χ4v) is 2.71. The highest BCUT2D eigenvalue weighted by Crippen LogP contribution is 2.21. The third-order valence-corrected chi connectivity index (χ3v) is 3.99. The van der Waals surface area contributed by atoms with Crippen molar-refractivity contribution in [3.63, 3.8) is 0 Å². The molecule has 0 spiro atoms. The Balaban J connectivity index is 2.33. The minimum Gasteiger partial charge on any atom is -0.390 e. The summed E-state index contributed by atoms with van der Waals surface area (Å²) in [6.45, 7) is 1.39. The van der Waals surface area contributed by atoms with Gasteiger partial charge >= 0.3 is 0 Å². The summed E-state index contributed by atoms with van der Waals surface area (Å²) in [5.41, 5.74) is 1.19. The van der Waals surface area contributed by atoms with E-state index in [1.165, 1.54) is 24.4 Å². The first-order chi connectivity index (χ1) is 8.92. The third kappa shape index (κ3) is 2.94. The molecule has 0 unspecified atom stereocenters. The van der Waals surface area contributed by atoms with E-state index in [1.807, 2.05) is 0 Å². The second kappa shape index (κ2) is 5.02. The predicted molar refractivity (Wildman–Crippen MR) is 68.7 cm³/mol. The molecule has 0 aliphatic carbocycles. The van der Waals surface area contributed by atoms with E-state index in [-0.39, 0.29) is 17.2 Å². The fraction of sp³-hybridized carbons (Fsp3) is 0.167. The zero-order chi connectivity index (χ0) is 14.0. The van der Waals surface area contributed by atoms with E-state index in [4.69, 9.17) is 5.11 Å². The number of anilines is 1. The number of hydrogen-bond donors (Lipinski definition) is 3. The lowest BCUT2D eigenvalue weighted by atomic mass is 10.2. The Morgan fingerprint density at radius 2 is 2.11 bits per heavy atom. The average Bonchev–Trinajstić information content (AvgIpc) is 2.83. The van der Waals surface area contributed by atoms with Crippen LogP contribution in [0.3, 0.4) is 0 Å². The van der Waals surface area contributed by atoms with Gasteiger partial charge in [0.25, 0.3) is 10.0 Å². The number of rotatable bonds is 4. The summed E-state index contributed by atoms with van der Waals surface area (Å²) in [6, 6.07) is 5.18. The standard InChI is InChI=1S/C12H13FN2O3S/c1-8-2-3-9(13)4-12(8)15-19(17,18)11-5-10(7-16)14-6-11/h2-6,14-16H,7H2,1H3. The Hall–Kier alpha value is -1.86. The topological polar surface area (TPSA) is 82.2 Å². The van der Waals surface area contributed by atoms with Crippen LogP contribution in [0.1, 0.15) is 11.3 Å². The molecule has 1 aromatic heterocycles. The first kappa shape index (κ1) is 13.6. The maximum absolute atomic E-state index is 13.1. The Kier molecular flexibility index (Phi) is 3.59. The van der Waals surface area contributed by atoms with Gasteiger partial charge in [0.1, 0.15) is 10.7 Å². The van der Waals surface area contributed by atoms with Crippen molar-refractivity contribution in [1.29, 1.82) is 0 Å². The van der Waals surface area contributed by atoms with Crippen LogP contribution in [0, 0.1) is 12.7 Å². The fourth-order valence-electron chi connectivity index (χ4n) is 1.57. The van der Waals surface area contributed by atoms with Crippen LogP contribution in [0.2, 0.25) is 0 Å². The molecule has 0 saturated heterocycles. The Morgan fingerprint density at radius 3 is 2.74 bits per heavy atom. The zero-order valence-corrected chi connectivity index (χ0v) is 11.0. The molecule has 0 bridgehead atoms. The highest BCUT2D eigenvalue weighted by atomic mass is 32.2. The average molecular weight is 284 g/mol. The molecule has 2 aromatic rings. The van der Waals surface area contributed by atoms with Crippen molar-refractivity contribution in [3.8, 4) is 0 Å². The lowest BCUT2D eigenvalue weighted by Crippen LogP contribution is -2.13. The van der Waals surface area contributed by atoms with Gasteiger partial charge in [0.05, 0.1) is 12.3 Å². The highest BCUT2D eigenvalue weighted by Gasteiger charge is 2.17. The number of aryl methyl sites for hydroxylation is 1. The van der Waals surface area contributed by atoms with Gasteiger partial charge in [-0.1, -0.05) is 6.07 Å². The van der Waals surface area contributed by atoms with E-state index < -0.39 is 15.8 Å². The summed E-state index contributed by atoms with van der Waals surface area (Å²) in [5.74, 6) is -0.520. The van der Waals surface area contributed by atoms with E-state index in [0.717, 1.165) is 6.07 Å². The number of aliphatic hydroxyl groups is 1. The number of benzene rings is 1. The van der Waals surface area contributed by atoms with Crippen molar-refractivity contribution < 1.29 is 17.9 Å². The first-order valence-electron chi connectivity index (χ1n) is 5.49. The Bertz CT molecular complexity index is 695. The highest BCUT2D eigenvalue weighted by molar-refractivity contribution is 7.92. The molecule has 5 nitrogen and oxygen atoms in total.